The van der Waals surface area contributed by atoms with Crippen molar-refractivity contribution in [1.82, 2.24) is 19.7 Å². The van der Waals surface area contributed by atoms with Gasteiger partial charge in [-0.15, -0.1) is 0 Å². The summed E-state index contributed by atoms with van der Waals surface area (Å²) in [4.78, 5) is 18.9. The van der Waals surface area contributed by atoms with E-state index in [1.165, 1.54) is 5.56 Å². The van der Waals surface area contributed by atoms with Crippen LogP contribution in [0.3, 0.4) is 0 Å². The van der Waals surface area contributed by atoms with Gasteiger partial charge in [0, 0.05) is 31.7 Å². The van der Waals surface area contributed by atoms with E-state index in [-0.39, 0.29) is 12.5 Å². The number of amides is 1. The van der Waals surface area contributed by atoms with Gasteiger partial charge in [-0.2, -0.15) is 5.10 Å². The van der Waals surface area contributed by atoms with Crippen LogP contribution >= 0.6 is 0 Å². The maximum Gasteiger partial charge on any atom is 0.244 e. The molecule has 0 unspecified atom stereocenters. The van der Waals surface area contributed by atoms with E-state index in [0.29, 0.717) is 13.1 Å². The molecule has 26 heavy (non-hydrogen) atoms. The fourth-order valence-electron chi connectivity index (χ4n) is 2.84. The van der Waals surface area contributed by atoms with Crippen LogP contribution in [0, 0.1) is 6.92 Å². The summed E-state index contributed by atoms with van der Waals surface area (Å²) in [5.41, 5.74) is 4.48. The van der Waals surface area contributed by atoms with E-state index in [2.05, 4.69) is 41.3 Å². The number of benzene rings is 1. The van der Waals surface area contributed by atoms with Crippen molar-refractivity contribution < 1.29 is 4.79 Å². The van der Waals surface area contributed by atoms with Crippen LogP contribution in [-0.4, -0.2) is 25.6 Å². The molecule has 0 N–H and O–H groups in total. The van der Waals surface area contributed by atoms with Crippen molar-refractivity contribution in [2.75, 3.05) is 0 Å². The van der Waals surface area contributed by atoms with Crippen molar-refractivity contribution in [3.05, 3.63) is 83.4 Å². The largest absolute Gasteiger partial charge is 0.332 e. The molecular formula is C21H24N4O. The van der Waals surface area contributed by atoms with Gasteiger partial charge in [0.15, 0.2) is 0 Å². The van der Waals surface area contributed by atoms with Gasteiger partial charge in [0.25, 0.3) is 0 Å². The second-order valence-corrected chi connectivity index (χ2v) is 6.50. The molecule has 0 bridgehead atoms. The van der Waals surface area contributed by atoms with Gasteiger partial charge < -0.3 is 4.90 Å². The molecule has 0 aliphatic rings. The van der Waals surface area contributed by atoms with Crippen molar-refractivity contribution in [1.29, 1.82) is 0 Å². The monoisotopic (exact) mass is 348 g/mol. The molecule has 134 valence electrons. The summed E-state index contributed by atoms with van der Waals surface area (Å²) in [6.45, 7) is 5.44. The molecule has 3 rings (SSSR count). The number of nitrogens with zero attached hydrogens (tertiary/aromatic N) is 4. The van der Waals surface area contributed by atoms with Crippen LogP contribution in [0.25, 0.3) is 0 Å². The third-order valence-corrected chi connectivity index (χ3v) is 4.31. The van der Waals surface area contributed by atoms with Gasteiger partial charge in [-0.25, -0.2) is 0 Å². The molecule has 5 nitrogen and oxygen atoms in total. The van der Waals surface area contributed by atoms with Crippen LogP contribution in [0.1, 0.15) is 29.2 Å². The first-order valence-corrected chi connectivity index (χ1v) is 8.87. The average Bonchev–Trinajstić information content (AvgIpc) is 3.07. The molecular weight excluding hydrogens is 324 g/mol. The van der Waals surface area contributed by atoms with Crippen LogP contribution in [-0.2, 0) is 30.8 Å². The lowest BCUT2D eigenvalue weighted by Crippen LogP contribution is -2.33. The van der Waals surface area contributed by atoms with Crippen LogP contribution in [0.15, 0.2) is 61.2 Å². The first kappa shape index (κ1) is 17.9. The molecule has 0 saturated carbocycles. The van der Waals surface area contributed by atoms with Crippen LogP contribution < -0.4 is 0 Å². The normalized spacial score (nSPS) is 10.7. The highest BCUT2D eigenvalue weighted by Gasteiger charge is 2.16. The van der Waals surface area contributed by atoms with E-state index in [1.807, 2.05) is 30.2 Å². The fourth-order valence-corrected chi connectivity index (χ4v) is 2.84. The number of pyridine rings is 1. The molecule has 5 heteroatoms. The van der Waals surface area contributed by atoms with E-state index in [1.54, 1.807) is 23.3 Å². The lowest BCUT2D eigenvalue weighted by atomic mass is 10.1. The molecule has 0 saturated heterocycles. The summed E-state index contributed by atoms with van der Waals surface area (Å²) in [5, 5.41) is 4.23. The van der Waals surface area contributed by atoms with Crippen LogP contribution in [0.5, 0.6) is 0 Å². The quantitative estimate of drug-likeness (QED) is 0.658. The maximum atomic E-state index is 12.9. The molecule has 1 aromatic carbocycles. The molecule has 2 heterocycles. The zero-order valence-electron chi connectivity index (χ0n) is 15.3. The summed E-state index contributed by atoms with van der Waals surface area (Å²) in [5.74, 6) is 0.0384. The second kappa shape index (κ2) is 8.43. The molecule has 3 aromatic rings. The first-order valence-electron chi connectivity index (χ1n) is 8.87. The van der Waals surface area contributed by atoms with Gasteiger partial charge in [-0.3, -0.25) is 14.5 Å². The molecule has 0 atom stereocenters. The number of hydrogen-bond acceptors (Lipinski definition) is 3. The third kappa shape index (κ3) is 4.79. The minimum absolute atomic E-state index is 0.0384. The Bertz CT molecular complexity index is 840. The Morgan fingerprint density at radius 3 is 2.38 bits per heavy atom. The highest BCUT2D eigenvalue weighted by molar-refractivity contribution is 5.76. The Labute approximate surface area is 154 Å². The van der Waals surface area contributed by atoms with Gasteiger partial charge in [0.1, 0.15) is 6.54 Å². The van der Waals surface area contributed by atoms with Crippen molar-refractivity contribution in [2.45, 2.75) is 39.9 Å². The molecule has 0 fully saturated rings. The van der Waals surface area contributed by atoms with Crippen molar-refractivity contribution >= 4 is 5.91 Å². The van der Waals surface area contributed by atoms with E-state index in [4.69, 9.17) is 0 Å². The predicted molar refractivity (Wildman–Crippen MR) is 101 cm³/mol. The van der Waals surface area contributed by atoms with Crippen molar-refractivity contribution in [3.63, 3.8) is 0 Å². The highest BCUT2D eigenvalue weighted by Crippen LogP contribution is 2.12. The van der Waals surface area contributed by atoms with Gasteiger partial charge in [0.05, 0.1) is 6.20 Å². The lowest BCUT2D eigenvalue weighted by Gasteiger charge is -2.23. The zero-order chi connectivity index (χ0) is 18.4. The number of carbonyl (C=O) groups excluding carboxylic acids is 1. The smallest absolute Gasteiger partial charge is 0.244 e. The number of aryl methyl sites for hydroxylation is 2. The van der Waals surface area contributed by atoms with Crippen LogP contribution in [0.2, 0.25) is 0 Å². The second-order valence-electron chi connectivity index (χ2n) is 6.50. The molecule has 0 aliphatic heterocycles. The molecule has 0 radical (unpaired) electrons. The van der Waals surface area contributed by atoms with Crippen LogP contribution in [0.4, 0.5) is 0 Å². The SMILES string of the molecule is CCc1ccc(CN(Cc2cccnc2)C(=O)Cn2cc(C)cn2)cc1. The number of aromatic nitrogens is 3. The zero-order valence-corrected chi connectivity index (χ0v) is 15.3. The lowest BCUT2D eigenvalue weighted by molar-refractivity contribution is -0.133. The summed E-state index contributed by atoms with van der Waals surface area (Å²) >= 11 is 0. The van der Waals surface area contributed by atoms with E-state index >= 15 is 0 Å². The summed E-state index contributed by atoms with van der Waals surface area (Å²) in [6.07, 6.45) is 8.21. The topological polar surface area (TPSA) is 51.0 Å². The minimum atomic E-state index is 0.0384. The van der Waals surface area contributed by atoms with E-state index in [9.17, 15) is 4.79 Å². The Morgan fingerprint density at radius 2 is 1.77 bits per heavy atom. The number of carbonyl (C=O) groups is 1. The maximum absolute atomic E-state index is 12.9. The van der Waals surface area contributed by atoms with E-state index in [0.717, 1.165) is 23.1 Å². The molecule has 1 amide bonds. The van der Waals surface area contributed by atoms with Gasteiger partial charge in [-0.1, -0.05) is 37.3 Å². The van der Waals surface area contributed by atoms with E-state index < -0.39 is 0 Å². The number of rotatable bonds is 7. The minimum Gasteiger partial charge on any atom is -0.332 e. The standard InChI is InChI=1S/C21H24N4O/c1-3-18-6-8-19(9-7-18)14-24(15-20-5-4-10-22-12-20)21(26)16-25-13-17(2)11-23-25/h4-13H,3,14-16H2,1-2H3. The Kier molecular flexibility index (Phi) is 5.79. The predicted octanol–water partition coefficient (Wildman–Crippen LogP) is 3.38. The van der Waals surface area contributed by atoms with Crippen molar-refractivity contribution in [2.24, 2.45) is 0 Å². The third-order valence-electron chi connectivity index (χ3n) is 4.31. The summed E-state index contributed by atoms with van der Waals surface area (Å²) in [7, 11) is 0. The first-order chi connectivity index (χ1) is 12.6. The molecule has 2 aromatic heterocycles. The fraction of sp³-hybridized carbons (Fsp3) is 0.286. The average molecular weight is 348 g/mol. The van der Waals surface area contributed by atoms with Gasteiger partial charge in [-0.05, 0) is 41.7 Å². The Hall–Kier alpha value is -2.95. The van der Waals surface area contributed by atoms with Gasteiger partial charge >= 0.3 is 0 Å². The number of hydrogen-bond donors (Lipinski definition) is 0. The van der Waals surface area contributed by atoms with Gasteiger partial charge in [0.2, 0.25) is 5.91 Å². The summed E-state index contributed by atoms with van der Waals surface area (Å²) < 4.78 is 1.69. The Morgan fingerprint density at radius 1 is 1.04 bits per heavy atom. The molecule has 0 aliphatic carbocycles. The Balaban J connectivity index is 1.76. The van der Waals surface area contributed by atoms with Crippen molar-refractivity contribution in [3.8, 4) is 0 Å². The summed E-state index contributed by atoms with van der Waals surface area (Å²) in [6, 6.07) is 12.3. The highest BCUT2D eigenvalue weighted by atomic mass is 16.2. The molecule has 0 spiro atoms.